The zero-order chi connectivity index (χ0) is 19.6. The molecule has 3 heterocycles. The van der Waals surface area contributed by atoms with Crippen LogP contribution in [0.2, 0.25) is 0 Å². The Morgan fingerprint density at radius 2 is 1.93 bits per heavy atom. The molecule has 7 heteroatoms. The zero-order valence-corrected chi connectivity index (χ0v) is 17.0. The molecule has 0 saturated carbocycles. The van der Waals surface area contributed by atoms with Crippen LogP contribution in [-0.4, -0.2) is 36.4 Å². The highest BCUT2D eigenvalue weighted by Gasteiger charge is 2.12. The summed E-state index contributed by atoms with van der Waals surface area (Å²) in [5, 5.41) is 7.68. The van der Waals surface area contributed by atoms with Crippen LogP contribution in [0.1, 0.15) is 53.8 Å². The number of hydrogen-bond acceptors (Lipinski definition) is 5. The Bertz CT molecular complexity index is 756. The van der Waals surface area contributed by atoms with Gasteiger partial charge in [-0.25, -0.2) is 4.98 Å². The molecule has 0 spiro atoms. The van der Waals surface area contributed by atoms with E-state index in [0.29, 0.717) is 30.8 Å². The van der Waals surface area contributed by atoms with Gasteiger partial charge in [0.15, 0.2) is 0 Å². The third kappa shape index (κ3) is 6.34. The summed E-state index contributed by atoms with van der Waals surface area (Å²) in [6, 6.07) is 7.67. The predicted octanol–water partition coefficient (Wildman–Crippen LogP) is 3.35. The number of nitrogens with zero attached hydrogens (tertiary/aromatic N) is 2. The maximum atomic E-state index is 12.1. The number of thiophene rings is 1. The molecule has 1 aliphatic heterocycles. The maximum absolute atomic E-state index is 12.1. The summed E-state index contributed by atoms with van der Waals surface area (Å²) in [7, 11) is 0. The Labute approximate surface area is 170 Å². The lowest BCUT2D eigenvalue weighted by molar-refractivity contribution is -0.121. The number of carbonyl (C=O) groups is 2. The van der Waals surface area contributed by atoms with Crippen molar-refractivity contribution in [1.29, 1.82) is 0 Å². The highest BCUT2D eigenvalue weighted by Crippen LogP contribution is 2.18. The minimum absolute atomic E-state index is 0.00138. The third-order valence-electron chi connectivity index (χ3n) is 4.84. The first kappa shape index (κ1) is 20.3. The van der Waals surface area contributed by atoms with Crippen LogP contribution in [0, 0.1) is 0 Å². The molecule has 6 nitrogen and oxygen atoms in total. The topological polar surface area (TPSA) is 74.3 Å². The van der Waals surface area contributed by atoms with E-state index in [1.807, 2.05) is 23.7 Å². The van der Waals surface area contributed by atoms with Gasteiger partial charge in [0, 0.05) is 38.8 Å². The van der Waals surface area contributed by atoms with Gasteiger partial charge >= 0.3 is 0 Å². The van der Waals surface area contributed by atoms with Crippen molar-refractivity contribution in [2.45, 2.75) is 45.1 Å². The number of carbonyl (C=O) groups excluding carboxylic acids is 2. The highest BCUT2D eigenvalue weighted by molar-refractivity contribution is 7.12. The number of nitrogens with one attached hydrogen (secondary N) is 2. The summed E-state index contributed by atoms with van der Waals surface area (Å²) < 4.78 is 0. The fourth-order valence-electron chi connectivity index (χ4n) is 3.28. The molecule has 0 atom stereocenters. The molecular weight excluding hydrogens is 372 g/mol. The normalized spacial score (nSPS) is 14.4. The maximum Gasteiger partial charge on any atom is 0.261 e. The van der Waals surface area contributed by atoms with Crippen LogP contribution in [-0.2, 0) is 11.3 Å². The summed E-state index contributed by atoms with van der Waals surface area (Å²) >= 11 is 1.41. The van der Waals surface area contributed by atoms with E-state index in [1.54, 1.807) is 6.07 Å². The van der Waals surface area contributed by atoms with Crippen LogP contribution in [0.15, 0.2) is 35.8 Å². The largest absolute Gasteiger partial charge is 0.357 e. The third-order valence-corrected chi connectivity index (χ3v) is 5.71. The molecule has 2 amide bonds. The van der Waals surface area contributed by atoms with Crippen molar-refractivity contribution in [2.75, 3.05) is 24.5 Å². The monoisotopic (exact) mass is 400 g/mol. The van der Waals surface area contributed by atoms with Gasteiger partial charge in [0.25, 0.3) is 5.91 Å². The summed E-state index contributed by atoms with van der Waals surface area (Å²) in [4.78, 5) is 31.5. The van der Waals surface area contributed by atoms with Crippen molar-refractivity contribution in [3.63, 3.8) is 0 Å². The van der Waals surface area contributed by atoms with Crippen molar-refractivity contribution < 1.29 is 9.59 Å². The molecule has 0 radical (unpaired) electrons. The highest BCUT2D eigenvalue weighted by atomic mass is 32.1. The van der Waals surface area contributed by atoms with Gasteiger partial charge in [-0.15, -0.1) is 11.3 Å². The predicted molar refractivity (Wildman–Crippen MR) is 113 cm³/mol. The van der Waals surface area contributed by atoms with E-state index in [0.717, 1.165) is 24.5 Å². The van der Waals surface area contributed by atoms with Gasteiger partial charge in [0.2, 0.25) is 5.91 Å². The first-order valence-electron chi connectivity index (χ1n) is 10.0. The van der Waals surface area contributed by atoms with Crippen molar-refractivity contribution in [3.8, 4) is 0 Å². The van der Waals surface area contributed by atoms with E-state index < -0.39 is 0 Å². The average molecular weight is 401 g/mol. The zero-order valence-electron chi connectivity index (χ0n) is 16.2. The van der Waals surface area contributed by atoms with Crippen LogP contribution in [0.3, 0.4) is 0 Å². The van der Waals surface area contributed by atoms with Crippen molar-refractivity contribution in [1.82, 2.24) is 15.6 Å². The van der Waals surface area contributed by atoms with Gasteiger partial charge in [-0.2, -0.15) is 0 Å². The van der Waals surface area contributed by atoms with Crippen LogP contribution < -0.4 is 15.5 Å². The second-order valence-electron chi connectivity index (χ2n) is 7.04. The Morgan fingerprint density at radius 3 is 2.68 bits per heavy atom. The molecule has 0 aliphatic carbocycles. The molecule has 150 valence electrons. The minimum Gasteiger partial charge on any atom is -0.357 e. The second kappa shape index (κ2) is 10.8. The summed E-state index contributed by atoms with van der Waals surface area (Å²) in [5.74, 6) is 0.927. The standard InChI is InChI=1S/C21H28N4O2S/c26-20(8-5-10-23-21(27)18-7-6-14-28-18)24-16-17-9-11-22-19(15-17)25-12-3-1-2-4-13-25/h6-7,9,11,14-15H,1-5,8,10,12-13,16H2,(H,23,27)(H,24,26). The van der Waals surface area contributed by atoms with Crippen LogP contribution in [0.25, 0.3) is 0 Å². The minimum atomic E-state index is -0.0757. The molecule has 2 aromatic heterocycles. The summed E-state index contributed by atoms with van der Waals surface area (Å²) in [5.41, 5.74) is 1.06. The SMILES string of the molecule is O=C(CCCNC(=O)c1cccs1)NCc1ccnc(N2CCCCCC2)c1. The number of anilines is 1. The molecule has 1 aliphatic rings. The van der Waals surface area contributed by atoms with E-state index >= 15 is 0 Å². The Morgan fingerprint density at radius 1 is 1.11 bits per heavy atom. The molecule has 0 bridgehead atoms. The van der Waals surface area contributed by atoms with E-state index in [1.165, 1.54) is 37.0 Å². The summed E-state index contributed by atoms with van der Waals surface area (Å²) in [6.07, 6.45) is 7.85. The molecule has 1 saturated heterocycles. The first-order valence-corrected chi connectivity index (χ1v) is 10.9. The van der Waals surface area contributed by atoms with Crippen LogP contribution in [0.4, 0.5) is 5.82 Å². The van der Waals surface area contributed by atoms with Crippen molar-refractivity contribution in [2.24, 2.45) is 0 Å². The lowest BCUT2D eigenvalue weighted by Gasteiger charge is -2.21. The number of hydrogen-bond donors (Lipinski definition) is 2. The van der Waals surface area contributed by atoms with Crippen LogP contribution in [0.5, 0.6) is 0 Å². The second-order valence-corrected chi connectivity index (χ2v) is 7.98. The Hall–Kier alpha value is -2.41. The number of aromatic nitrogens is 1. The fraction of sp³-hybridized carbons (Fsp3) is 0.476. The first-order chi connectivity index (χ1) is 13.7. The van der Waals surface area contributed by atoms with E-state index in [-0.39, 0.29) is 11.8 Å². The number of rotatable bonds is 8. The number of pyridine rings is 1. The van der Waals surface area contributed by atoms with Gasteiger partial charge in [-0.05, 0) is 48.4 Å². The lowest BCUT2D eigenvalue weighted by atomic mass is 10.2. The van der Waals surface area contributed by atoms with Crippen molar-refractivity contribution in [3.05, 3.63) is 46.3 Å². The molecule has 2 aromatic rings. The Kier molecular flexibility index (Phi) is 7.84. The molecule has 1 fully saturated rings. The molecule has 0 aromatic carbocycles. The van der Waals surface area contributed by atoms with Gasteiger partial charge in [-0.3, -0.25) is 9.59 Å². The van der Waals surface area contributed by atoms with Gasteiger partial charge in [-0.1, -0.05) is 18.9 Å². The van der Waals surface area contributed by atoms with E-state index in [4.69, 9.17) is 0 Å². The van der Waals surface area contributed by atoms with E-state index in [2.05, 4.69) is 26.6 Å². The molecular formula is C21H28N4O2S. The van der Waals surface area contributed by atoms with Gasteiger partial charge in [0.1, 0.15) is 5.82 Å². The van der Waals surface area contributed by atoms with Gasteiger partial charge < -0.3 is 15.5 Å². The fourth-order valence-corrected chi connectivity index (χ4v) is 3.92. The smallest absolute Gasteiger partial charge is 0.261 e. The summed E-state index contributed by atoms with van der Waals surface area (Å²) in [6.45, 7) is 3.11. The Balaban J connectivity index is 1.37. The van der Waals surface area contributed by atoms with Crippen molar-refractivity contribution >= 4 is 29.0 Å². The molecule has 3 rings (SSSR count). The quantitative estimate of drug-likeness (QED) is 0.667. The average Bonchev–Trinajstić information content (AvgIpc) is 3.12. The van der Waals surface area contributed by atoms with E-state index in [9.17, 15) is 9.59 Å². The van der Waals surface area contributed by atoms with Crippen LogP contribution >= 0.6 is 11.3 Å². The lowest BCUT2D eigenvalue weighted by Crippen LogP contribution is -2.27. The number of amides is 2. The molecule has 2 N–H and O–H groups in total. The van der Waals surface area contributed by atoms with Gasteiger partial charge in [0.05, 0.1) is 4.88 Å². The molecule has 0 unspecified atom stereocenters. The molecule has 28 heavy (non-hydrogen) atoms.